The van der Waals surface area contributed by atoms with Crippen molar-refractivity contribution in [3.05, 3.63) is 91.0 Å². The van der Waals surface area contributed by atoms with Gasteiger partial charge >= 0.3 is 28.7 Å². The SMILES string of the molecule is [Cl][Ti+3].[O-]c1ccccc1.[O-]c1ccccc1.[O-]c1ccccc1. The number of benzene rings is 3. The molecule has 0 aliphatic carbocycles. The summed E-state index contributed by atoms with van der Waals surface area (Å²) in [6, 6.07) is 25.0. The van der Waals surface area contributed by atoms with E-state index in [1.165, 1.54) is 55.8 Å². The van der Waals surface area contributed by atoms with Crippen LogP contribution in [-0.2, 0) is 19.4 Å². The zero-order valence-electron chi connectivity index (χ0n) is 12.3. The molecule has 0 N–H and O–H groups in total. The van der Waals surface area contributed by atoms with Gasteiger partial charge in [0.05, 0.1) is 0 Å². The Morgan fingerprint density at radius 1 is 0.435 bits per heavy atom. The minimum absolute atomic E-state index is 0.0718. The molecular weight excluding hydrogens is 348 g/mol. The largest absolute Gasteiger partial charge is 0.872 e. The molecule has 3 aromatic carbocycles. The summed E-state index contributed by atoms with van der Waals surface area (Å²) in [5.74, 6) is 0.215. The van der Waals surface area contributed by atoms with Crippen LogP contribution in [0.2, 0.25) is 0 Å². The second-order valence-corrected chi connectivity index (χ2v) is 3.94. The molecule has 0 bridgehead atoms. The van der Waals surface area contributed by atoms with E-state index in [1.54, 1.807) is 36.4 Å². The van der Waals surface area contributed by atoms with Gasteiger partial charge < -0.3 is 15.3 Å². The number of rotatable bonds is 0. The first kappa shape index (κ1) is 21.1. The topological polar surface area (TPSA) is 69.2 Å². The average molecular weight is 363 g/mol. The second-order valence-electron chi connectivity index (χ2n) is 3.94. The fourth-order valence-corrected chi connectivity index (χ4v) is 1.26. The third-order valence-corrected chi connectivity index (χ3v) is 2.23. The molecule has 0 fully saturated rings. The number of hydrogen-bond acceptors (Lipinski definition) is 3. The molecule has 0 heterocycles. The van der Waals surface area contributed by atoms with E-state index in [0.717, 1.165) is 0 Å². The number of hydrogen-bond donors (Lipinski definition) is 0. The van der Waals surface area contributed by atoms with Gasteiger partial charge in [0.1, 0.15) is 0 Å². The van der Waals surface area contributed by atoms with E-state index in [1.807, 2.05) is 18.2 Å². The van der Waals surface area contributed by atoms with Crippen molar-refractivity contribution in [2.24, 2.45) is 0 Å². The fraction of sp³-hybridized carbons (Fsp3) is 0. The third-order valence-electron chi connectivity index (χ3n) is 2.23. The first-order valence-electron chi connectivity index (χ1n) is 6.53. The molecule has 23 heavy (non-hydrogen) atoms. The maximum atomic E-state index is 10.3. The van der Waals surface area contributed by atoms with Crippen LogP contribution in [0.1, 0.15) is 0 Å². The zero-order chi connectivity index (χ0) is 17.3. The van der Waals surface area contributed by atoms with Crippen molar-refractivity contribution < 1.29 is 34.7 Å². The van der Waals surface area contributed by atoms with Crippen LogP contribution in [0.4, 0.5) is 0 Å². The van der Waals surface area contributed by atoms with E-state index in [9.17, 15) is 15.3 Å². The van der Waals surface area contributed by atoms with E-state index in [0.29, 0.717) is 0 Å². The molecule has 0 aliphatic heterocycles. The average Bonchev–Trinajstić information content (AvgIpc) is 2.60. The van der Waals surface area contributed by atoms with Gasteiger partial charge in [-0.15, -0.1) is 17.2 Å². The third kappa shape index (κ3) is 13.4. The summed E-state index contributed by atoms with van der Waals surface area (Å²) in [7, 11) is 4.64. The molecule has 0 radical (unpaired) electrons. The molecule has 3 nitrogen and oxygen atoms in total. The van der Waals surface area contributed by atoms with E-state index >= 15 is 0 Å². The van der Waals surface area contributed by atoms with Gasteiger partial charge in [0.25, 0.3) is 0 Å². The maximum Gasteiger partial charge on any atom is -0.0623 e. The van der Waals surface area contributed by atoms with Crippen molar-refractivity contribution in [2.75, 3.05) is 0 Å². The first-order valence-corrected chi connectivity index (χ1v) is 8.68. The van der Waals surface area contributed by atoms with Gasteiger partial charge in [-0.2, -0.15) is 0 Å². The first-order chi connectivity index (χ1) is 11.2. The Kier molecular flexibility index (Phi) is 13.7. The minimum atomic E-state index is 0.0718. The molecule has 5 heteroatoms. The summed E-state index contributed by atoms with van der Waals surface area (Å²) in [5, 5.41) is 30.8. The standard InChI is InChI=1S/3C6H6O.ClH.Ti/c3*7-6-4-2-1-3-5-6;;/h3*1-5,7H;1H;/q;;;;+4/p-4. The van der Waals surface area contributed by atoms with Gasteiger partial charge in [0.2, 0.25) is 0 Å². The fourth-order valence-electron chi connectivity index (χ4n) is 1.26. The van der Waals surface area contributed by atoms with Crippen molar-refractivity contribution in [1.29, 1.82) is 0 Å². The Bertz CT molecular complexity index is 503. The van der Waals surface area contributed by atoms with Crippen molar-refractivity contribution in [3.63, 3.8) is 0 Å². The predicted octanol–water partition coefficient (Wildman–Crippen LogP) is 2.97. The van der Waals surface area contributed by atoms with Gasteiger partial charge in [-0.25, -0.2) is 0 Å². The van der Waals surface area contributed by atoms with Gasteiger partial charge in [0.15, 0.2) is 0 Å². The van der Waals surface area contributed by atoms with Gasteiger partial charge in [0, 0.05) is 0 Å². The number of halogens is 1. The Morgan fingerprint density at radius 3 is 0.696 bits per heavy atom. The monoisotopic (exact) mass is 362 g/mol. The Hall–Kier alpha value is -1.94. The Labute approximate surface area is 152 Å². The Balaban J connectivity index is 0.000000299. The molecule has 0 saturated carbocycles. The number of para-hydroxylation sites is 3. The van der Waals surface area contributed by atoms with Crippen LogP contribution < -0.4 is 15.3 Å². The molecule has 0 spiro atoms. The molecule has 0 amide bonds. The molecule has 116 valence electrons. The summed E-state index contributed by atoms with van der Waals surface area (Å²) >= 11 is 1.47. The summed E-state index contributed by atoms with van der Waals surface area (Å²) in [5.41, 5.74) is 0. The van der Waals surface area contributed by atoms with Gasteiger partial charge in [-0.05, 0) is 0 Å². The normalized spacial score (nSPS) is 8.13. The van der Waals surface area contributed by atoms with Crippen LogP contribution >= 0.6 is 9.30 Å². The molecule has 3 aromatic rings. The summed E-state index contributed by atoms with van der Waals surface area (Å²) in [6.45, 7) is 0. The van der Waals surface area contributed by atoms with Gasteiger partial charge in [-0.3, -0.25) is 0 Å². The van der Waals surface area contributed by atoms with Crippen LogP contribution in [0.3, 0.4) is 0 Å². The molecule has 0 atom stereocenters. The molecule has 3 rings (SSSR count). The summed E-state index contributed by atoms with van der Waals surface area (Å²) in [4.78, 5) is 0. The molecule has 0 aromatic heterocycles. The van der Waals surface area contributed by atoms with Crippen molar-refractivity contribution in [3.8, 4) is 17.2 Å². The van der Waals surface area contributed by atoms with E-state index < -0.39 is 0 Å². The van der Waals surface area contributed by atoms with E-state index in [-0.39, 0.29) is 17.2 Å². The quantitative estimate of drug-likeness (QED) is 0.577. The minimum Gasteiger partial charge on any atom is -0.872 e. The van der Waals surface area contributed by atoms with Crippen molar-refractivity contribution >= 4 is 9.30 Å². The smallest absolute Gasteiger partial charge is 0.0623 e. The summed E-state index contributed by atoms with van der Waals surface area (Å²) < 4.78 is 0. The van der Waals surface area contributed by atoms with Crippen LogP contribution in [0.25, 0.3) is 0 Å². The molecule has 0 saturated heterocycles. The molecule has 0 unspecified atom stereocenters. The second kappa shape index (κ2) is 15.0. The van der Waals surface area contributed by atoms with Gasteiger partial charge in [-0.1, -0.05) is 91.0 Å². The van der Waals surface area contributed by atoms with Crippen LogP contribution in [-0.4, -0.2) is 0 Å². The Morgan fingerprint density at radius 2 is 0.609 bits per heavy atom. The van der Waals surface area contributed by atoms with E-state index in [4.69, 9.17) is 0 Å². The summed E-state index contributed by atoms with van der Waals surface area (Å²) in [6.07, 6.45) is 0. The van der Waals surface area contributed by atoms with Crippen LogP contribution in [0.5, 0.6) is 17.2 Å². The zero-order valence-corrected chi connectivity index (χ0v) is 14.6. The maximum absolute atomic E-state index is 10.3. The van der Waals surface area contributed by atoms with Crippen molar-refractivity contribution in [2.45, 2.75) is 0 Å². The predicted molar refractivity (Wildman–Crippen MR) is 83.5 cm³/mol. The molecule has 0 aliphatic rings. The van der Waals surface area contributed by atoms with Crippen molar-refractivity contribution in [1.82, 2.24) is 0 Å². The van der Waals surface area contributed by atoms with Crippen LogP contribution in [0.15, 0.2) is 91.0 Å². The van der Waals surface area contributed by atoms with Crippen LogP contribution in [0, 0.1) is 0 Å². The molecular formula is C18H15ClO3Ti. The van der Waals surface area contributed by atoms with E-state index in [2.05, 4.69) is 9.30 Å².